The fraction of sp³-hybridized carbons (Fsp3) is 0.227. The Bertz CT molecular complexity index is 1030. The Kier molecular flexibility index (Phi) is 7.14. The number of fused-ring (bicyclic) bond motifs is 1. The van der Waals surface area contributed by atoms with Crippen molar-refractivity contribution in [1.82, 2.24) is 10.3 Å². The highest BCUT2D eigenvalue weighted by Crippen LogP contribution is 2.26. The van der Waals surface area contributed by atoms with E-state index in [1.165, 1.54) is 6.07 Å². The highest BCUT2D eigenvalue weighted by atomic mass is 16.5. The maximum atomic E-state index is 11.9. The second kappa shape index (κ2) is 9.54. The van der Waals surface area contributed by atoms with Crippen LogP contribution in [-0.2, 0) is 9.59 Å². The van der Waals surface area contributed by atoms with Crippen LogP contribution in [0.2, 0.25) is 0 Å². The van der Waals surface area contributed by atoms with Crippen LogP contribution >= 0.6 is 0 Å². The number of pyridine rings is 1. The number of carbonyl (C=O) groups excluding carboxylic acids is 1. The Morgan fingerprint density at radius 1 is 1.07 bits per heavy atom. The lowest BCUT2D eigenvalue weighted by atomic mass is 10.0. The van der Waals surface area contributed by atoms with Crippen LogP contribution in [0.15, 0.2) is 59.5 Å². The molecule has 1 heterocycles. The third-order valence-electron chi connectivity index (χ3n) is 3.81. The maximum absolute atomic E-state index is 11.9. The number of carbonyl (C=O) groups is 2. The monoisotopic (exact) mass is 396 g/mol. The van der Waals surface area contributed by atoms with Crippen molar-refractivity contribution in [3.05, 3.63) is 65.1 Å². The number of benzene rings is 2. The number of nitrogens with one attached hydrogen (secondary N) is 2. The molecular formula is C22H24N2O5. The van der Waals surface area contributed by atoms with Gasteiger partial charge in [0.05, 0.1) is 0 Å². The van der Waals surface area contributed by atoms with Gasteiger partial charge in [-0.3, -0.25) is 14.4 Å². The standard InChI is InChI=1S/C21H22N2O3.CH2O2/c1-21(2,3)23-20(25)13-26-18-8-6-14-4-5-15(10-17(14)11-18)16-7-9-19(24)22-12-16;2-1-3/h4-12H,13H2,1-3H3,(H,22,24)(H,23,25);1H,(H,2,3). The van der Waals surface area contributed by atoms with Gasteiger partial charge in [0.1, 0.15) is 5.75 Å². The highest BCUT2D eigenvalue weighted by molar-refractivity contribution is 5.88. The molecule has 3 N–H and O–H groups in total. The minimum absolute atomic E-state index is 0.0254. The third kappa shape index (κ3) is 6.80. The first-order chi connectivity index (χ1) is 13.7. The Morgan fingerprint density at radius 3 is 2.34 bits per heavy atom. The molecule has 152 valence electrons. The van der Waals surface area contributed by atoms with Crippen molar-refractivity contribution in [1.29, 1.82) is 0 Å². The summed E-state index contributed by atoms with van der Waals surface area (Å²) in [6.45, 7) is 5.51. The van der Waals surface area contributed by atoms with Gasteiger partial charge in [-0.05, 0) is 66.9 Å². The van der Waals surface area contributed by atoms with Crippen LogP contribution in [0.5, 0.6) is 5.75 Å². The molecule has 0 saturated heterocycles. The van der Waals surface area contributed by atoms with Gasteiger partial charge in [-0.2, -0.15) is 0 Å². The van der Waals surface area contributed by atoms with Crippen LogP contribution in [0.1, 0.15) is 20.8 Å². The lowest BCUT2D eigenvalue weighted by molar-refractivity contribution is -0.124. The first-order valence-corrected chi connectivity index (χ1v) is 8.96. The molecule has 0 aliphatic carbocycles. The molecule has 2 aromatic carbocycles. The molecule has 29 heavy (non-hydrogen) atoms. The number of H-pyrrole nitrogens is 1. The number of rotatable bonds is 4. The van der Waals surface area contributed by atoms with E-state index in [0.29, 0.717) is 5.75 Å². The second-order valence-corrected chi connectivity index (χ2v) is 7.36. The zero-order valence-corrected chi connectivity index (χ0v) is 16.6. The van der Waals surface area contributed by atoms with Gasteiger partial charge in [-0.1, -0.05) is 18.2 Å². The van der Waals surface area contributed by atoms with Crippen molar-refractivity contribution in [2.45, 2.75) is 26.3 Å². The highest BCUT2D eigenvalue weighted by Gasteiger charge is 2.14. The lowest BCUT2D eigenvalue weighted by Gasteiger charge is -2.20. The van der Waals surface area contributed by atoms with Crippen molar-refractivity contribution in [2.24, 2.45) is 0 Å². The van der Waals surface area contributed by atoms with Crippen LogP contribution < -0.4 is 15.6 Å². The molecule has 3 rings (SSSR count). The van der Waals surface area contributed by atoms with Crippen molar-refractivity contribution in [3.63, 3.8) is 0 Å². The Hall–Kier alpha value is -3.61. The van der Waals surface area contributed by atoms with Crippen LogP contribution in [0.25, 0.3) is 21.9 Å². The predicted octanol–water partition coefficient (Wildman–Crippen LogP) is 3.19. The molecule has 0 radical (unpaired) electrons. The largest absolute Gasteiger partial charge is 0.484 e. The molecule has 0 atom stereocenters. The number of aromatic nitrogens is 1. The predicted molar refractivity (Wildman–Crippen MR) is 112 cm³/mol. The van der Waals surface area contributed by atoms with E-state index in [1.807, 2.05) is 57.2 Å². The molecule has 1 aromatic heterocycles. The summed E-state index contributed by atoms with van der Waals surface area (Å²) in [5.41, 5.74) is 1.52. The van der Waals surface area contributed by atoms with Gasteiger partial charge in [0, 0.05) is 17.8 Å². The molecule has 0 unspecified atom stereocenters. The normalized spacial score (nSPS) is 10.6. The minimum Gasteiger partial charge on any atom is -0.484 e. The van der Waals surface area contributed by atoms with E-state index >= 15 is 0 Å². The summed E-state index contributed by atoms with van der Waals surface area (Å²) in [4.78, 5) is 34.2. The average Bonchev–Trinajstić information content (AvgIpc) is 2.66. The molecule has 7 nitrogen and oxygen atoms in total. The van der Waals surface area contributed by atoms with Gasteiger partial charge >= 0.3 is 0 Å². The Balaban J connectivity index is 0.000000941. The zero-order valence-electron chi connectivity index (χ0n) is 16.6. The van der Waals surface area contributed by atoms with Gasteiger partial charge in [0.2, 0.25) is 5.56 Å². The minimum atomic E-state index is -0.282. The summed E-state index contributed by atoms with van der Waals surface area (Å²) in [6, 6.07) is 15.1. The fourth-order valence-electron chi connectivity index (χ4n) is 2.69. The van der Waals surface area contributed by atoms with Crippen molar-refractivity contribution in [2.75, 3.05) is 6.61 Å². The van der Waals surface area contributed by atoms with Crippen molar-refractivity contribution < 1.29 is 19.4 Å². The zero-order chi connectivity index (χ0) is 21.4. The van der Waals surface area contributed by atoms with E-state index in [9.17, 15) is 9.59 Å². The SMILES string of the molecule is CC(C)(C)NC(=O)COc1ccc2ccc(-c3ccc(=O)[nH]c3)cc2c1.O=CO. The second-order valence-electron chi connectivity index (χ2n) is 7.36. The number of hydrogen-bond donors (Lipinski definition) is 3. The van der Waals surface area contributed by atoms with Crippen molar-refractivity contribution in [3.8, 4) is 16.9 Å². The molecule has 0 spiro atoms. The average molecular weight is 396 g/mol. The quantitative estimate of drug-likeness (QED) is 0.587. The van der Waals surface area contributed by atoms with Gasteiger partial charge in [0.15, 0.2) is 6.61 Å². The fourth-order valence-corrected chi connectivity index (χ4v) is 2.69. The first-order valence-electron chi connectivity index (χ1n) is 8.96. The van der Waals surface area contributed by atoms with E-state index in [2.05, 4.69) is 10.3 Å². The van der Waals surface area contributed by atoms with Crippen LogP contribution in [0, 0.1) is 0 Å². The number of ether oxygens (including phenoxy) is 1. The number of hydrogen-bond acceptors (Lipinski definition) is 4. The van der Waals surface area contributed by atoms with E-state index in [1.54, 1.807) is 12.3 Å². The van der Waals surface area contributed by atoms with E-state index in [4.69, 9.17) is 14.6 Å². The third-order valence-corrected chi connectivity index (χ3v) is 3.81. The summed E-state index contributed by atoms with van der Waals surface area (Å²) in [7, 11) is 0. The van der Waals surface area contributed by atoms with Gasteiger partial charge in [-0.15, -0.1) is 0 Å². The number of amides is 1. The lowest BCUT2D eigenvalue weighted by Crippen LogP contribution is -2.43. The van der Waals surface area contributed by atoms with E-state index in [0.717, 1.165) is 21.9 Å². The number of aromatic amines is 1. The van der Waals surface area contributed by atoms with E-state index < -0.39 is 0 Å². The summed E-state index contributed by atoms with van der Waals surface area (Å²) in [6.07, 6.45) is 1.70. The summed E-state index contributed by atoms with van der Waals surface area (Å²) < 4.78 is 5.62. The Morgan fingerprint density at radius 2 is 1.72 bits per heavy atom. The summed E-state index contributed by atoms with van der Waals surface area (Å²) >= 11 is 0. The molecule has 1 amide bonds. The first kappa shape index (κ1) is 21.7. The van der Waals surface area contributed by atoms with Gasteiger partial charge < -0.3 is 20.1 Å². The molecule has 0 saturated carbocycles. The van der Waals surface area contributed by atoms with Gasteiger partial charge in [0.25, 0.3) is 12.4 Å². The maximum Gasteiger partial charge on any atom is 0.290 e. The molecule has 0 aliphatic heterocycles. The molecule has 0 fully saturated rings. The topological polar surface area (TPSA) is 108 Å². The van der Waals surface area contributed by atoms with Crippen LogP contribution in [-0.4, -0.2) is 34.6 Å². The van der Waals surface area contributed by atoms with Crippen LogP contribution in [0.4, 0.5) is 0 Å². The van der Waals surface area contributed by atoms with Crippen LogP contribution in [0.3, 0.4) is 0 Å². The summed E-state index contributed by atoms with van der Waals surface area (Å²) in [5.74, 6) is 0.486. The Labute approximate surface area is 168 Å². The van der Waals surface area contributed by atoms with Gasteiger partial charge in [-0.25, -0.2) is 0 Å². The molecule has 0 aliphatic rings. The molecular weight excluding hydrogens is 372 g/mol. The smallest absolute Gasteiger partial charge is 0.290 e. The van der Waals surface area contributed by atoms with Crippen molar-refractivity contribution >= 4 is 23.2 Å². The molecule has 7 heteroatoms. The summed E-state index contributed by atoms with van der Waals surface area (Å²) in [5, 5.41) is 11.8. The molecule has 0 bridgehead atoms. The molecule has 3 aromatic rings. The van der Waals surface area contributed by atoms with E-state index in [-0.39, 0.29) is 30.1 Å². The number of carboxylic acid groups (broad SMARTS) is 1.